The summed E-state index contributed by atoms with van der Waals surface area (Å²) < 4.78 is 9.74. The van der Waals surface area contributed by atoms with Crippen molar-refractivity contribution in [1.29, 1.82) is 0 Å². The van der Waals surface area contributed by atoms with E-state index < -0.39 is 0 Å². The summed E-state index contributed by atoms with van der Waals surface area (Å²) in [4.78, 5) is 22.4. The minimum atomic E-state index is -0.360. The van der Waals surface area contributed by atoms with Crippen LogP contribution >= 0.6 is 0 Å². The quantitative estimate of drug-likeness (QED) is 0.540. The highest BCUT2D eigenvalue weighted by atomic mass is 16.5. The van der Waals surface area contributed by atoms with Crippen molar-refractivity contribution in [2.75, 3.05) is 13.7 Å². The van der Waals surface area contributed by atoms with E-state index in [1.807, 2.05) is 0 Å². The molecular formula is C12H18O4. The first-order chi connectivity index (χ1) is 7.54. The Bertz CT molecular complexity index is 295. The van der Waals surface area contributed by atoms with Gasteiger partial charge in [-0.3, -0.25) is 4.79 Å². The molecule has 0 radical (unpaired) electrons. The fourth-order valence-electron chi connectivity index (χ4n) is 1.92. The molecule has 0 amide bonds. The van der Waals surface area contributed by atoms with Gasteiger partial charge in [0.05, 0.1) is 19.6 Å². The predicted molar refractivity (Wildman–Crippen MR) is 58.6 cm³/mol. The fraction of sp³-hybridized carbons (Fsp3) is 0.667. The molecule has 0 aliphatic heterocycles. The van der Waals surface area contributed by atoms with Crippen molar-refractivity contribution in [1.82, 2.24) is 0 Å². The third-order valence-corrected chi connectivity index (χ3v) is 2.87. The van der Waals surface area contributed by atoms with E-state index in [4.69, 9.17) is 4.74 Å². The third-order valence-electron chi connectivity index (χ3n) is 2.87. The molecule has 4 heteroatoms. The number of esters is 2. The Morgan fingerprint density at radius 3 is 2.62 bits per heavy atom. The van der Waals surface area contributed by atoms with E-state index in [1.54, 1.807) is 6.92 Å². The Kier molecular flexibility index (Phi) is 4.52. The van der Waals surface area contributed by atoms with Gasteiger partial charge in [0.15, 0.2) is 0 Å². The first-order valence-electron chi connectivity index (χ1n) is 5.45. The molecule has 0 N–H and O–H groups in total. The van der Waals surface area contributed by atoms with Gasteiger partial charge in [-0.15, -0.1) is 0 Å². The molecular weight excluding hydrogens is 208 g/mol. The van der Waals surface area contributed by atoms with Gasteiger partial charge in [0, 0.05) is 5.57 Å². The summed E-state index contributed by atoms with van der Waals surface area (Å²) in [6.07, 6.45) is 2.47. The molecule has 0 saturated heterocycles. The molecule has 0 heterocycles. The molecule has 0 aromatic rings. The van der Waals surface area contributed by atoms with Crippen LogP contribution < -0.4 is 0 Å². The van der Waals surface area contributed by atoms with E-state index in [1.165, 1.54) is 7.11 Å². The second-order valence-corrected chi connectivity index (χ2v) is 4.28. The molecule has 1 saturated carbocycles. The summed E-state index contributed by atoms with van der Waals surface area (Å²) in [5.74, 6) is -0.277. The van der Waals surface area contributed by atoms with Crippen molar-refractivity contribution in [3.63, 3.8) is 0 Å². The van der Waals surface area contributed by atoms with Crippen molar-refractivity contribution in [2.45, 2.75) is 26.2 Å². The minimum absolute atomic E-state index is 0.0291. The first-order valence-corrected chi connectivity index (χ1v) is 5.45. The lowest BCUT2D eigenvalue weighted by molar-refractivity contribution is -0.145. The van der Waals surface area contributed by atoms with Crippen LogP contribution in [0.2, 0.25) is 0 Å². The highest BCUT2D eigenvalue weighted by Crippen LogP contribution is 2.31. The monoisotopic (exact) mass is 226 g/mol. The lowest BCUT2D eigenvalue weighted by Gasteiger charge is -2.10. The zero-order valence-corrected chi connectivity index (χ0v) is 9.82. The minimum Gasteiger partial charge on any atom is -0.469 e. The number of ether oxygens (including phenoxy) is 2. The lowest BCUT2D eigenvalue weighted by atomic mass is 10.1. The van der Waals surface area contributed by atoms with E-state index in [0.717, 1.165) is 19.3 Å². The summed E-state index contributed by atoms with van der Waals surface area (Å²) in [7, 11) is 1.40. The van der Waals surface area contributed by atoms with Gasteiger partial charge in [-0.2, -0.15) is 0 Å². The van der Waals surface area contributed by atoms with Gasteiger partial charge in [0.2, 0.25) is 0 Å². The molecule has 1 aliphatic rings. The molecule has 2 atom stereocenters. The van der Waals surface area contributed by atoms with E-state index in [9.17, 15) is 9.59 Å². The first kappa shape index (κ1) is 12.7. The average molecular weight is 226 g/mol. The van der Waals surface area contributed by atoms with Crippen molar-refractivity contribution >= 4 is 11.9 Å². The SMILES string of the molecule is C=C(C)C(=O)OCC1CCC(C(=O)OC)C1. The summed E-state index contributed by atoms with van der Waals surface area (Å²) in [6.45, 7) is 5.50. The standard InChI is InChI=1S/C12H18O4/c1-8(2)11(13)16-7-9-4-5-10(6-9)12(14)15-3/h9-10H,1,4-7H2,2-3H3. The molecule has 0 aromatic heterocycles. The lowest BCUT2D eigenvalue weighted by Crippen LogP contribution is -2.15. The van der Waals surface area contributed by atoms with Gasteiger partial charge >= 0.3 is 11.9 Å². The summed E-state index contributed by atoms with van der Waals surface area (Å²) >= 11 is 0. The maximum absolute atomic E-state index is 11.3. The van der Waals surface area contributed by atoms with Crippen molar-refractivity contribution in [3.8, 4) is 0 Å². The molecule has 1 fully saturated rings. The van der Waals surface area contributed by atoms with Crippen LogP contribution in [0.5, 0.6) is 0 Å². The van der Waals surface area contributed by atoms with Gasteiger partial charge in [-0.25, -0.2) is 4.79 Å². The van der Waals surface area contributed by atoms with E-state index in [2.05, 4.69) is 11.3 Å². The topological polar surface area (TPSA) is 52.6 Å². The summed E-state index contributed by atoms with van der Waals surface area (Å²) in [6, 6.07) is 0. The molecule has 1 aliphatic carbocycles. The van der Waals surface area contributed by atoms with Crippen LogP contribution in [0.3, 0.4) is 0 Å². The Morgan fingerprint density at radius 2 is 2.06 bits per heavy atom. The average Bonchev–Trinajstić information content (AvgIpc) is 2.73. The molecule has 90 valence electrons. The van der Waals surface area contributed by atoms with Crippen molar-refractivity contribution in [2.24, 2.45) is 11.8 Å². The van der Waals surface area contributed by atoms with Gasteiger partial charge in [-0.1, -0.05) is 6.58 Å². The van der Waals surface area contributed by atoms with E-state index in [-0.39, 0.29) is 23.8 Å². The molecule has 0 spiro atoms. The number of methoxy groups -OCH3 is 1. The summed E-state index contributed by atoms with van der Waals surface area (Å²) in [5.41, 5.74) is 0.405. The van der Waals surface area contributed by atoms with Crippen LogP contribution in [0.25, 0.3) is 0 Å². The van der Waals surface area contributed by atoms with Crippen LogP contribution in [0, 0.1) is 11.8 Å². The summed E-state index contributed by atoms with van der Waals surface area (Å²) in [5, 5.41) is 0. The van der Waals surface area contributed by atoms with Crippen LogP contribution in [0.1, 0.15) is 26.2 Å². The van der Waals surface area contributed by atoms with E-state index >= 15 is 0 Å². The molecule has 0 bridgehead atoms. The number of rotatable bonds is 4. The Hall–Kier alpha value is -1.32. The molecule has 4 nitrogen and oxygen atoms in total. The normalized spacial score (nSPS) is 23.9. The van der Waals surface area contributed by atoms with Gasteiger partial charge in [-0.05, 0) is 32.1 Å². The van der Waals surface area contributed by atoms with Gasteiger partial charge in [0.1, 0.15) is 0 Å². The van der Waals surface area contributed by atoms with Crippen LogP contribution in [0.15, 0.2) is 12.2 Å². The Balaban J connectivity index is 2.29. The van der Waals surface area contributed by atoms with Gasteiger partial charge in [0.25, 0.3) is 0 Å². The van der Waals surface area contributed by atoms with E-state index in [0.29, 0.717) is 12.2 Å². The van der Waals surface area contributed by atoms with Crippen LogP contribution in [0.4, 0.5) is 0 Å². The zero-order valence-electron chi connectivity index (χ0n) is 9.82. The number of carbonyl (C=O) groups is 2. The number of carbonyl (C=O) groups excluding carboxylic acids is 2. The molecule has 1 rings (SSSR count). The Morgan fingerprint density at radius 1 is 1.38 bits per heavy atom. The Labute approximate surface area is 95.6 Å². The van der Waals surface area contributed by atoms with Gasteiger partial charge < -0.3 is 9.47 Å². The molecule has 0 aromatic carbocycles. The smallest absolute Gasteiger partial charge is 0.333 e. The number of hydrogen-bond donors (Lipinski definition) is 0. The molecule has 2 unspecified atom stereocenters. The largest absolute Gasteiger partial charge is 0.469 e. The zero-order chi connectivity index (χ0) is 12.1. The highest BCUT2D eigenvalue weighted by Gasteiger charge is 2.31. The number of hydrogen-bond acceptors (Lipinski definition) is 4. The van der Waals surface area contributed by atoms with Crippen LogP contribution in [-0.2, 0) is 19.1 Å². The van der Waals surface area contributed by atoms with Crippen molar-refractivity contribution in [3.05, 3.63) is 12.2 Å². The third kappa shape index (κ3) is 3.36. The molecule has 16 heavy (non-hydrogen) atoms. The van der Waals surface area contributed by atoms with Crippen LogP contribution in [-0.4, -0.2) is 25.7 Å². The second kappa shape index (κ2) is 5.68. The fourth-order valence-corrected chi connectivity index (χ4v) is 1.92. The maximum Gasteiger partial charge on any atom is 0.333 e. The van der Waals surface area contributed by atoms with Crippen molar-refractivity contribution < 1.29 is 19.1 Å². The predicted octanol–water partition coefficient (Wildman–Crippen LogP) is 1.70. The highest BCUT2D eigenvalue weighted by molar-refractivity contribution is 5.86. The maximum atomic E-state index is 11.3. The second-order valence-electron chi connectivity index (χ2n) is 4.28.